The van der Waals surface area contributed by atoms with Crippen LogP contribution in [0.5, 0.6) is 0 Å². The van der Waals surface area contributed by atoms with Crippen LogP contribution in [0.4, 0.5) is 23.1 Å². The van der Waals surface area contributed by atoms with Gasteiger partial charge in [-0.3, -0.25) is 0 Å². The van der Waals surface area contributed by atoms with Crippen molar-refractivity contribution in [1.29, 1.82) is 0 Å². The number of sulfonamides is 1. The molecule has 0 radical (unpaired) electrons. The lowest BCUT2D eigenvalue weighted by Gasteiger charge is -2.13. The Hall–Kier alpha value is -3.50. The fraction of sp³-hybridized carbons (Fsp3) is 0.346. The average molecular weight is 506 g/mol. The van der Waals surface area contributed by atoms with E-state index in [1.165, 1.54) is 0 Å². The third-order valence-electron chi connectivity index (χ3n) is 6.05. The molecule has 188 valence electrons. The molecule has 0 saturated heterocycles. The second-order valence-corrected chi connectivity index (χ2v) is 12.4. The molecule has 0 unspecified atom stereocenters. The number of aryl methyl sites for hydroxylation is 1. The Kier molecular flexibility index (Phi) is 6.17. The van der Waals surface area contributed by atoms with Crippen LogP contribution < -0.4 is 15.4 Å². The number of hydrogen-bond acceptors (Lipinski definition) is 7. The van der Waals surface area contributed by atoms with Gasteiger partial charge in [0.05, 0.1) is 16.3 Å². The molecule has 0 aliphatic heterocycles. The fourth-order valence-corrected chi connectivity index (χ4v) is 5.14. The lowest BCUT2D eigenvalue weighted by Crippen LogP contribution is -2.26. The Morgan fingerprint density at radius 1 is 1.03 bits per heavy atom. The number of nitrogens with one attached hydrogen (secondary N) is 4. The van der Waals surface area contributed by atoms with E-state index in [4.69, 9.17) is 0 Å². The molecule has 4 N–H and O–H groups in total. The third kappa shape index (κ3) is 5.50. The van der Waals surface area contributed by atoms with Crippen molar-refractivity contribution < 1.29 is 8.42 Å². The van der Waals surface area contributed by atoms with Gasteiger partial charge in [-0.15, -0.1) is 0 Å². The number of aromatic nitrogens is 4. The van der Waals surface area contributed by atoms with E-state index < -0.39 is 10.0 Å². The molecule has 4 aromatic rings. The molecule has 1 saturated carbocycles. The summed E-state index contributed by atoms with van der Waals surface area (Å²) in [6.45, 7) is 8.57. The van der Waals surface area contributed by atoms with E-state index in [2.05, 4.69) is 56.1 Å². The number of imidazole rings is 1. The zero-order valence-corrected chi connectivity index (χ0v) is 21.7. The highest BCUT2D eigenvalue weighted by Crippen LogP contribution is 2.28. The topological polar surface area (TPSA) is 125 Å². The Labute approximate surface area is 211 Å². The van der Waals surface area contributed by atoms with Gasteiger partial charge in [0, 0.05) is 35.1 Å². The van der Waals surface area contributed by atoms with Crippen molar-refractivity contribution in [1.82, 2.24) is 24.7 Å². The highest BCUT2D eigenvalue weighted by atomic mass is 32.2. The first-order valence-corrected chi connectivity index (χ1v) is 13.6. The summed E-state index contributed by atoms with van der Waals surface area (Å²) in [5, 5.41) is 6.38. The molecule has 1 aliphatic rings. The van der Waals surface area contributed by atoms with Crippen molar-refractivity contribution in [2.45, 2.75) is 57.7 Å². The fourth-order valence-electron chi connectivity index (χ4n) is 3.78. The Morgan fingerprint density at radius 2 is 1.81 bits per heavy atom. The lowest BCUT2D eigenvalue weighted by atomic mass is 9.96. The Balaban J connectivity index is 1.30. The minimum Gasteiger partial charge on any atom is -0.341 e. The third-order valence-corrected chi connectivity index (χ3v) is 7.95. The van der Waals surface area contributed by atoms with Gasteiger partial charge in [-0.2, -0.15) is 4.98 Å². The summed E-state index contributed by atoms with van der Waals surface area (Å²) < 4.78 is 27.0. The predicted octanol–water partition coefficient (Wildman–Crippen LogP) is 5.03. The van der Waals surface area contributed by atoms with Crippen LogP contribution in [0.3, 0.4) is 0 Å². The molecule has 9 nitrogen and oxygen atoms in total. The summed E-state index contributed by atoms with van der Waals surface area (Å²) in [6.07, 6.45) is 3.25. The Bertz CT molecular complexity index is 1520. The molecule has 1 aliphatic carbocycles. The molecule has 2 aromatic carbocycles. The van der Waals surface area contributed by atoms with Crippen LogP contribution in [0.25, 0.3) is 11.0 Å². The molecule has 0 amide bonds. The summed E-state index contributed by atoms with van der Waals surface area (Å²) in [4.78, 5) is 17.2. The molecule has 36 heavy (non-hydrogen) atoms. The van der Waals surface area contributed by atoms with Crippen molar-refractivity contribution in [3.05, 3.63) is 65.6 Å². The molecule has 10 heteroatoms. The van der Waals surface area contributed by atoms with E-state index in [0.717, 1.165) is 52.2 Å². The quantitative estimate of drug-likeness (QED) is 0.265. The van der Waals surface area contributed by atoms with Gasteiger partial charge in [-0.25, -0.2) is 23.1 Å². The van der Waals surface area contributed by atoms with Crippen LogP contribution in [0.2, 0.25) is 0 Å². The van der Waals surface area contributed by atoms with Crippen LogP contribution in [0.1, 0.15) is 50.6 Å². The van der Waals surface area contributed by atoms with Gasteiger partial charge in [-0.05, 0) is 55.7 Å². The molecule has 0 spiro atoms. The number of fused-ring (bicyclic) bond motifs is 1. The van der Waals surface area contributed by atoms with Crippen molar-refractivity contribution in [2.75, 3.05) is 10.6 Å². The minimum atomic E-state index is -3.22. The highest BCUT2D eigenvalue weighted by molar-refractivity contribution is 7.90. The van der Waals surface area contributed by atoms with E-state index in [-0.39, 0.29) is 17.2 Å². The number of rotatable bonds is 8. The molecular weight excluding hydrogens is 474 g/mol. The molecule has 0 atom stereocenters. The molecule has 5 rings (SSSR count). The second kappa shape index (κ2) is 9.18. The van der Waals surface area contributed by atoms with Gasteiger partial charge in [0.15, 0.2) is 0 Å². The largest absolute Gasteiger partial charge is 0.341 e. The summed E-state index contributed by atoms with van der Waals surface area (Å²) in [5.74, 6) is 2.07. The maximum Gasteiger partial charge on any atom is 0.229 e. The zero-order valence-electron chi connectivity index (χ0n) is 20.9. The first kappa shape index (κ1) is 24.2. The standard InChI is InChI=1S/C26H31N7O2S/c1-16-14-27-25(30-19-8-11-21-22(13-19)32-24(31-21)26(2,3)4)33-23(16)29-18-7-5-6-17(12-18)15-28-36(34,35)20-9-10-20/h5-8,11-14,20,28H,9-10,15H2,1-4H3,(H,31,32)(H2,27,29,30,33). The molecule has 2 aromatic heterocycles. The number of anilines is 4. The number of hydrogen-bond donors (Lipinski definition) is 4. The summed E-state index contributed by atoms with van der Waals surface area (Å²) >= 11 is 0. The normalized spacial score (nSPS) is 14.2. The van der Waals surface area contributed by atoms with Crippen molar-refractivity contribution in [3.63, 3.8) is 0 Å². The number of aromatic amines is 1. The van der Waals surface area contributed by atoms with Crippen molar-refractivity contribution in [3.8, 4) is 0 Å². The van der Waals surface area contributed by atoms with Gasteiger partial charge >= 0.3 is 0 Å². The van der Waals surface area contributed by atoms with Crippen LogP contribution in [-0.2, 0) is 22.0 Å². The number of benzene rings is 2. The van der Waals surface area contributed by atoms with E-state index in [1.807, 2.05) is 49.4 Å². The second-order valence-electron chi connectivity index (χ2n) is 10.3. The summed E-state index contributed by atoms with van der Waals surface area (Å²) in [7, 11) is -3.22. The molecule has 2 heterocycles. The maximum atomic E-state index is 12.1. The lowest BCUT2D eigenvalue weighted by molar-refractivity contribution is 0.554. The average Bonchev–Trinajstić information content (AvgIpc) is 3.60. The smallest absolute Gasteiger partial charge is 0.229 e. The van der Waals surface area contributed by atoms with E-state index in [1.54, 1.807) is 6.20 Å². The first-order valence-electron chi connectivity index (χ1n) is 12.0. The van der Waals surface area contributed by atoms with Crippen LogP contribution in [0, 0.1) is 6.92 Å². The van der Waals surface area contributed by atoms with E-state index >= 15 is 0 Å². The van der Waals surface area contributed by atoms with Crippen LogP contribution in [0.15, 0.2) is 48.7 Å². The van der Waals surface area contributed by atoms with Gasteiger partial charge in [-0.1, -0.05) is 32.9 Å². The molecule has 1 fully saturated rings. The highest BCUT2D eigenvalue weighted by Gasteiger charge is 2.35. The SMILES string of the molecule is Cc1cnc(Nc2ccc3nc(C(C)(C)C)[nH]c3c2)nc1Nc1cccc(CNS(=O)(=O)C2CC2)c1. The van der Waals surface area contributed by atoms with Crippen molar-refractivity contribution in [2.24, 2.45) is 0 Å². The van der Waals surface area contributed by atoms with Gasteiger partial charge < -0.3 is 15.6 Å². The van der Waals surface area contributed by atoms with Gasteiger partial charge in [0.2, 0.25) is 16.0 Å². The molecule has 0 bridgehead atoms. The van der Waals surface area contributed by atoms with Gasteiger partial charge in [0.25, 0.3) is 0 Å². The van der Waals surface area contributed by atoms with E-state index in [0.29, 0.717) is 11.8 Å². The minimum absolute atomic E-state index is 0.0634. The molecular formula is C26H31N7O2S. The zero-order chi connectivity index (χ0) is 25.5. The first-order chi connectivity index (χ1) is 17.1. The number of H-pyrrole nitrogens is 1. The summed E-state index contributed by atoms with van der Waals surface area (Å²) in [6, 6.07) is 13.6. The number of nitrogens with zero attached hydrogens (tertiary/aromatic N) is 3. The monoisotopic (exact) mass is 505 g/mol. The van der Waals surface area contributed by atoms with Gasteiger partial charge in [0.1, 0.15) is 11.6 Å². The maximum absolute atomic E-state index is 12.1. The van der Waals surface area contributed by atoms with E-state index in [9.17, 15) is 8.42 Å². The predicted molar refractivity (Wildman–Crippen MR) is 143 cm³/mol. The van der Waals surface area contributed by atoms with Crippen LogP contribution in [-0.4, -0.2) is 33.6 Å². The Morgan fingerprint density at radius 3 is 2.56 bits per heavy atom. The van der Waals surface area contributed by atoms with Crippen molar-refractivity contribution >= 4 is 44.2 Å². The van der Waals surface area contributed by atoms with Crippen LogP contribution >= 0.6 is 0 Å². The summed E-state index contributed by atoms with van der Waals surface area (Å²) in [5.41, 5.74) is 5.23.